The number of hydrogen-bond acceptors (Lipinski definition) is 1. The topological polar surface area (TPSA) is 28.5 Å². The Hall–Kier alpha value is -0.840. The minimum absolute atomic E-state index is 0.698. The largest absolute Gasteiger partial charge is 0.363 e. The van der Waals surface area contributed by atoms with Crippen LogP contribution in [0.3, 0.4) is 0 Å². The van der Waals surface area contributed by atoms with E-state index >= 15 is 0 Å². The van der Waals surface area contributed by atoms with Gasteiger partial charge in [0.05, 0.1) is 20.6 Å². The molecule has 0 aromatic heterocycles. The maximum Gasteiger partial charge on any atom is 0.166 e. The van der Waals surface area contributed by atoms with E-state index in [2.05, 4.69) is 24.7 Å². The number of nitrogens with one attached hydrogen (secondary N) is 3. The molecule has 0 saturated heterocycles. The smallest absolute Gasteiger partial charge is 0.166 e. The average molecular weight is 287 g/mol. The predicted octanol–water partition coefficient (Wildman–Crippen LogP) is 0.839. The Labute approximate surface area is 120 Å². The Morgan fingerprint density at radius 2 is 2.11 bits per heavy atom. The molecule has 1 aromatic carbocycles. The third kappa shape index (κ3) is 6.79. The number of benzene rings is 1. The summed E-state index contributed by atoms with van der Waals surface area (Å²) in [4.78, 5) is 1.45. The highest BCUT2D eigenvalue weighted by molar-refractivity contribution is 7.80. The number of quaternary nitrogens is 1. The molecule has 100 valence electrons. The van der Waals surface area contributed by atoms with Crippen LogP contribution in [0.5, 0.6) is 0 Å². The van der Waals surface area contributed by atoms with Crippen molar-refractivity contribution in [2.75, 3.05) is 27.2 Å². The summed E-state index contributed by atoms with van der Waals surface area (Å²) in [5.74, 6) is 0. The molecule has 0 atom stereocenters. The Morgan fingerprint density at radius 1 is 1.33 bits per heavy atom. The molecule has 0 unspecified atom stereocenters. The number of rotatable bonds is 6. The van der Waals surface area contributed by atoms with Gasteiger partial charge in [-0.05, 0) is 29.9 Å². The minimum atomic E-state index is 0.698. The van der Waals surface area contributed by atoms with Crippen LogP contribution in [0.25, 0.3) is 0 Å². The lowest BCUT2D eigenvalue weighted by molar-refractivity contribution is -0.858. The molecular weight excluding hydrogens is 266 g/mol. The quantitative estimate of drug-likeness (QED) is 0.535. The fourth-order valence-corrected chi connectivity index (χ4v) is 1.92. The molecular formula is C13H21ClN3S+. The first kappa shape index (κ1) is 15.2. The molecule has 0 aliphatic heterocycles. The van der Waals surface area contributed by atoms with Crippen molar-refractivity contribution in [3.05, 3.63) is 34.9 Å². The molecule has 1 rings (SSSR count). The monoisotopic (exact) mass is 286 g/mol. The van der Waals surface area contributed by atoms with Crippen molar-refractivity contribution < 1.29 is 4.90 Å². The lowest BCUT2D eigenvalue weighted by Gasteiger charge is -2.11. The lowest BCUT2D eigenvalue weighted by atomic mass is 10.2. The van der Waals surface area contributed by atoms with Gasteiger partial charge in [-0.2, -0.15) is 0 Å². The number of thiocarbonyl (C=S) groups is 1. The van der Waals surface area contributed by atoms with Gasteiger partial charge < -0.3 is 15.5 Å². The second kappa shape index (κ2) is 8.29. The Kier molecular flexibility index (Phi) is 7.01. The van der Waals surface area contributed by atoms with Gasteiger partial charge in [0.15, 0.2) is 5.11 Å². The fraction of sp³-hybridized carbons (Fsp3) is 0.462. The molecule has 0 fully saturated rings. The van der Waals surface area contributed by atoms with Crippen LogP contribution in [0.15, 0.2) is 24.3 Å². The van der Waals surface area contributed by atoms with Crippen LogP contribution >= 0.6 is 23.8 Å². The first-order valence-corrected chi connectivity index (χ1v) is 6.91. The van der Waals surface area contributed by atoms with Crippen molar-refractivity contribution >= 4 is 28.9 Å². The number of hydrogen-bond donors (Lipinski definition) is 3. The molecule has 0 aliphatic rings. The highest BCUT2D eigenvalue weighted by atomic mass is 35.5. The van der Waals surface area contributed by atoms with Crippen molar-refractivity contribution in [1.29, 1.82) is 0 Å². The summed E-state index contributed by atoms with van der Waals surface area (Å²) in [6.07, 6.45) is 1.11. The van der Waals surface area contributed by atoms with E-state index in [-0.39, 0.29) is 0 Å². The Balaban J connectivity index is 2.17. The normalized spacial score (nSPS) is 10.4. The van der Waals surface area contributed by atoms with Gasteiger partial charge in [-0.15, -0.1) is 0 Å². The van der Waals surface area contributed by atoms with Crippen molar-refractivity contribution in [1.82, 2.24) is 10.6 Å². The summed E-state index contributed by atoms with van der Waals surface area (Å²) in [6.45, 7) is 2.75. The molecule has 18 heavy (non-hydrogen) atoms. The van der Waals surface area contributed by atoms with Crippen molar-refractivity contribution in [2.45, 2.75) is 13.0 Å². The summed E-state index contributed by atoms with van der Waals surface area (Å²) in [5.41, 5.74) is 1.13. The second-order valence-electron chi connectivity index (χ2n) is 4.55. The van der Waals surface area contributed by atoms with Gasteiger partial charge in [0, 0.05) is 24.5 Å². The van der Waals surface area contributed by atoms with Gasteiger partial charge in [0.2, 0.25) is 0 Å². The zero-order valence-electron chi connectivity index (χ0n) is 10.9. The molecule has 0 bridgehead atoms. The van der Waals surface area contributed by atoms with Crippen LogP contribution in [0.2, 0.25) is 5.02 Å². The summed E-state index contributed by atoms with van der Waals surface area (Å²) in [6, 6.07) is 7.77. The van der Waals surface area contributed by atoms with E-state index in [1.165, 1.54) is 4.90 Å². The third-order valence-corrected chi connectivity index (χ3v) is 3.00. The van der Waals surface area contributed by atoms with Crippen molar-refractivity contribution in [2.24, 2.45) is 0 Å². The van der Waals surface area contributed by atoms with Gasteiger partial charge >= 0.3 is 0 Å². The fourth-order valence-electron chi connectivity index (χ4n) is 1.54. The van der Waals surface area contributed by atoms with E-state index in [0.717, 1.165) is 30.1 Å². The van der Waals surface area contributed by atoms with E-state index < -0.39 is 0 Å². The van der Waals surface area contributed by atoms with E-state index in [9.17, 15) is 0 Å². The van der Waals surface area contributed by atoms with Crippen LogP contribution in [0.4, 0.5) is 0 Å². The molecule has 0 spiro atoms. The lowest BCUT2D eigenvalue weighted by Crippen LogP contribution is -3.05. The highest BCUT2D eigenvalue weighted by Crippen LogP contribution is 2.09. The summed E-state index contributed by atoms with van der Waals surface area (Å²) >= 11 is 11.1. The highest BCUT2D eigenvalue weighted by Gasteiger charge is 1.98. The van der Waals surface area contributed by atoms with E-state index in [1.807, 2.05) is 24.3 Å². The molecule has 5 heteroatoms. The van der Waals surface area contributed by atoms with E-state index in [0.29, 0.717) is 11.7 Å². The second-order valence-corrected chi connectivity index (χ2v) is 5.39. The molecule has 3 nitrogen and oxygen atoms in total. The average Bonchev–Trinajstić information content (AvgIpc) is 2.32. The molecule has 0 aliphatic carbocycles. The molecule has 3 N–H and O–H groups in total. The molecule has 0 radical (unpaired) electrons. The van der Waals surface area contributed by atoms with Crippen LogP contribution < -0.4 is 15.5 Å². The van der Waals surface area contributed by atoms with Crippen LogP contribution in [-0.2, 0) is 6.54 Å². The minimum Gasteiger partial charge on any atom is -0.363 e. The van der Waals surface area contributed by atoms with Gasteiger partial charge in [-0.3, -0.25) is 0 Å². The van der Waals surface area contributed by atoms with Crippen LogP contribution in [0, 0.1) is 0 Å². The SMILES string of the molecule is C[NH+](C)CCCNC(=S)NCc1cccc(Cl)c1. The third-order valence-electron chi connectivity index (χ3n) is 2.48. The van der Waals surface area contributed by atoms with E-state index in [4.69, 9.17) is 23.8 Å². The van der Waals surface area contributed by atoms with Gasteiger partial charge in [-0.25, -0.2) is 0 Å². The standard InChI is InChI=1S/C13H20ClN3S/c1-17(2)8-4-7-15-13(18)16-10-11-5-3-6-12(14)9-11/h3,5-6,9H,4,7-8,10H2,1-2H3,(H2,15,16,18)/p+1. The van der Waals surface area contributed by atoms with Gasteiger partial charge in [0.1, 0.15) is 0 Å². The zero-order valence-corrected chi connectivity index (χ0v) is 12.5. The Bertz CT molecular complexity index is 382. The maximum absolute atomic E-state index is 5.91. The Morgan fingerprint density at radius 3 is 2.78 bits per heavy atom. The molecule has 0 saturated carbocycles. The summed E-state index contributed by atoms with van der Waals surface area (Å²) < 4.78 is 0. The molecule has 1 aromatic rings. The van der Waals surface area contributed by atoms with Crippen molar-refractivity contribution in [3.8, 4) is 0 Å². The van der Waals surface area contributed by atoms with Crippen molar-refractivity contribution in [3.63, 3.8) is 0 Å². The number of halogens is 1. The first-order valence-electron chi connectivity index (χ1n) is 6.13. The zero-order chi connectivity index (χ0) is 13.4. The van der Waals surface area contributed by atoms with Crippen LogP contribution in [-0.4, -0.2) is 32.3 Å². The maximum atomic E-state index is 5.91. The van der Waals surface area contributed by atoms with Gasteiger partial charge in [0.25, 0.3) is 0 Å². The summed E-state index contributed by atoms with van der Waals surface area (Å²) in [7, 11) is 4.30. The van der Waals surface area contributed by atoms with Crippen LogP contribution in [0.1, 0.15) is 12.0 Å². The van der Waals surface area contributed by atoms with Gasteiger partial charge in [-0.1, -0.05) is 23.7 Å². The van der Waals surface area contributed by atoms with E-state index in [1.54, 1.807) is 0 Å². The molecule has 0 heterocycles. The predicted molar refractivity (Wildman–Crippen MR) is 81.2 cm³/mol. The first-order chi connectivity index (χ1) is 8.58. The molecule has 0 amide bonds. The summed E-state index contributed by atoms with van der Waals surface area (Å²) in [5, 5.41) is 7.82.